The molecule has 1 aliphatic rings. The van der Waals surface area contributed by atoms with Crippen LogP contribution in [0.2, 0.25) is 0 Å². The Kier molecular flexibility index (Phi) is 5.98. The van der Waals surface area contributed by atoms with E-state index in [2.05, 4.69) is 9.47 Å². The van der Waals surface area contributed by atoms with Gasteiger partial charge >= 0.3 is 11.9 Å². The highest BCUT2D eigenvalue weighted by Gasteiger charge is 2.33. The van der Waals surface area contributed by atoms with E-state index in [1.807, 2.05) is 0 Å². The molecule has 1 heterocycles. The Hall–Kier alpha value is -2.46. The summed E-state index contributed by atoms with van der Waals surface area (Å²) in [4.78, 5) is 36.3. The van der Waals surface area contributed by atoms with E-state index >= 15 is 0 Å². The monoisotopic (exact) mass is 384 g/mol. The van der Waals surface area contributed by atoms with Gasteiger partial charge in [0.2, 0.25) is 15.9 Å². The number of ether oxygens (including phenoxy) is 2. The van der Waals surface area contributed by atoms with Crippen LogP contribution in [0.5, 0.6) is 0 Å². The second-order valence-corrected chi connectivity index (χ2v) is 7.51. The first-order valence-corrected chi connectivity index (χ1v) is 9.22. The summed E-state index contributed by atoms with van der Waals surface area (Å²) >= 11 is 0. The van der Waals surface area contributed by atoms with Crippen molar-refractivity contribution in [3.05, 3.63) is 29.3 Å². The van der Waals surface area contributed by atoms with Crippen molar-refractivity contribution in [2.24, 2.45) is 0 Å². The van der Waals surface area contributed by atoms with Crippen molar-refractivity contribution in [1.29, 1.82) is 0 Å². The average molecular weight is 384 g/mol. The van der Waals surface area contributed by atoms with Crippen LogP contribution >= 0.6 is 0 Å². The SMILES string of the molecule is COC(=O)c1ccc(C(=O)OC)c(S(=O)(=O)N2CCN(C(C)=O)CC2)c1. The topological polar surface area (TPSA) is 110 Å². The molecule has 1 aromatic rings. The molecule has 0 unspecified atom stereocenters. The van der Waals surface area contributed by atoms with Crippen LogP contribution in [0.3, 0.4) is 0 Å². The van der Waals surface area contributed by atoms with E-state index in [1.54, 1.807) is 0 Å². The van der Waals surface area contributed by atoms with Crippen molar-refractivity contribution in [2.45, 2.75) is 11.8 Å². The number of esters is 2. The minimum absolute atomic E-state index is 0.00102. The first kappa shape index (κ1) is 19.9. The average Bonchev–Trinajstić information content (AvgIpc) is 2.66. The molecule has 142 valence electrons. The minimum Gasteiger partial charge on any atom is -0.465 e. The second-order valence-electron chi connectivity index (χ2n) is 5.60. The van der Waals surface area contributed by atoms with E-state index in [0.29, 0.717) is 0 Å². The molecular formula is C16H20N2O7S. The van der Waals surface area contributed by atoms with Crippen LogP contribution in [-0.4, -0.2) is 75.9 Å². The number of hydrogen-bond acceptors (Lipinski definition) is 7. The highest BCUT2D eigenvalue weighted by atomic mass is 32.2. The van der Waals surface area contributed by atoms with Gasteiger partial charge in [-0.3, -0.25) is 4.79 Å². The standard InChI is InChI=1S/C16H20N2O7S/c1-11(19)17-6-8-18(9-7-17)26(22,23)14-10-12(15(20)24-2)4-5-13(14)16(21)25-3/h4-5,10H,6-9H2,1-3H3. The zero-order valence-electron chi connectivity index (χ0n) is 14.7. The Balaban J connectivity index is 2.45. The van der Waals surface area contributed by atoms with Crippen molar-refractivity contribution < 1.29 is 32.3 Å². The smallest absolute Gasteiger partial charge is 0.339 e. The Morgan fingerprint density at radius 2 is 1.54 bits per heavy atom. The third-order valence-corrected chi connectivity index (χ3v) is 6.05. The number of hydrogen-bond donors (Lipinski definition) is 0. The molecule has 0 saturated carbocycles. The van der Waals surface area contributed by atoms with Gasteiger partial charge in [0, 0.05) is 33.1 Å². The third kappa shape index (κ3) is 3.86. The maximum Gasteiger partial charge on any atom is 0.339 e. The van der Waals surface area contributed by atoms with Crippen molar-refractivity contribution in [1.82, 2.24) is 9.21 Å². The molecule has 0 aliphatic carbocycles. The highest BCUT2D eigenvalue weighted by molar-refractivity contribution is 7.89. The van der Waals surface area contributed by atoms with Gasteiger partial charge in [0.1, 0.15) is 0 Å². The molecule has 0 bridgehead atoms. The highest BCUT2D eigenvalue weighted by Crippen LogP contribution is 2.24. The second kappa shape index (κ2) is 7.83. The van der Waals surface area contributed by atoms with Crippen molar-refractivity contribution >= 4 is 27.9 Å². The number of amides is 1. The first-order chi connectivity index (χ1) is 12.2. The Morgan fingerprint density at radius 3 is 2.04 bits per heavy atom. The van der Waals surface area contributed by atoms with E-state index in [9.17, 15) is 22.8 Å². The van der Waals surface area contributed by atoms with Crippen molar-refractivity contribution in [3.8, 4) is 0 Å². The number of nitrogens with zero attached hydrogens (tertiary/aromatic N) is 2. The van der Waals surface area contributed by atoms with Crippen molar-refractivity contribution in [2.75, 3.05) is 40.4 Å². The molecule has 10 heteroatoms. The van der Waals surface area contributed by atoms with Crippen LogP contribution in [0.4, 0.5) is 0 Å². The predicted molar refractivity (Wildman–Crippen MR) is 90.1 cm³/mol. The van der Waals surface area contributed by atoms with Gasteiger partial charge in [0.05, 0.1) is 30.2 Å². The van der Waals surface area contributed by atoms with Gasteiger partial charge in [-0.25, -0.2) is 18.0 Å². The van der Waals surface area contributed by atoms with Crippen molar-refractivity contribution in [3.63, 3.8) is 0 Å². The summed E-state index contributed by atoms with van der Waals surface area (Å²) in [5, 5.41) is 0. The summed E-state index contributed by atoms with van der Waals surface area (Å²) in [6, 6.07) is 3.62. The molecule has 0 aromatic heterocycles. The maximum absolute atomic E-state index is 13.0. The maximum atomic E-state index is 13.0. The molecule has 9 nitrogen and oxygen atoms in total. The van der Waals surface area contributed by atoms with E-state index in [1.165, 1.54) is 35.4 Å². The molecule has 1 fully saturated rings. The number of methoxy groups -OCH3 is 2. The number of piperazine rings is 1. The lowest BCUT2D eigenvalue weighted by Crippen LogP contribution is -2.50. The van der Waals surface area contributed by atoms with Crippen LogP contribution in [-0.2, 0) is 24.3 Å². The van der Waals surface area contributed by atoms with Gasteiger partial charge in [0.25, 0.3) is 0 Å². The largest absolute Gasteiger partial charge is 0.465 e. The fraction of sp³-hybridized carbons (Fsp3) is 0.438. The normalized spacial score (nSPS) is 15.4. The quantitative estimate of drug-likeness (QED) is 0.678. The molecule has 0 atom stereocenters. The van der Waals surface area contributed by atoms with Crippen LogP contribution in [0.15, 0.2) is 23.1 Å². The van der Waals surface area contributed by atoms with Crippen LogP contribution < -0.4 is 0 Å². The molecular weight excluding hydrogens is 364 g/mol. The lowest BCUT2D eigenvalue weighted by molar-refractivity contribution is -0.129. The molecule has 1 aromatic carbocycles. The first-order valence-electron chi connectivity index (χ1n) is 7.78. The number of rotatable bonds is 4. The zero-order valence-corrected chi connectivity index (χ0v) is 15.5. The number of carbonyl (C=O) groups excluding carboxylic acids is 3. The number of sulfonamides is 1. The summed E-state index contributed by atoms with van der Waals surface area (Å²) in [5.41, 5.74) is -0.171. The van der Waals surface area contributed by atoms with Gasteiger partial charge in [0.15, 0.2) is 0 Å². The number of carbonyl (C=O) groups is 3. The molecule has 2 rings (SSSR count). The molecule has 1 saturated heterocycles. The van der Waals surface area contributed by atoms with Gasteiger partial charge in [-0.1, -0.05) is 0 Å². The van der Waals surface area contributed by atoms with E-state index < -0.39 is 22.0 Å². The Bertz CT molecular complexity index is 827. The zero-order chi connectivity index (χ0) is 19.5. The fourth-order valence-electron chi connectivity index (χ4n) is 2.64. The summed E-state index contributed by atoms with van der Waals surface area (Å²) in [6.07, 6.45) is 0. The summed E-state index contributed by atoms with van der Waals surface area (Å²) in [5.74, 6) is -1.69. The predicted octanol–water partition coefficient (Wildman–Crippen LogP) is 0.113. The third-order valence-electron chi connectivity index (χ3n) is 4.11. The Morgan fingerprint density at radius 1 is 0.962 bits per heavy atom. The van der Waals surface area contributed by atoms with Crippen LogP contribution in [0, 0.1) is 0 Å². The summed E-state index contributed by atoms with van der Waals surface area (Å²) in [6.45, 7) is 2.09. The molecule has 1 aliphatic heterocycles. The van der Waals surface area contributed by atoms with E-state index in [-0.39, 0.29) is 48.1 Å². The van der Waals surface area contributed by atoms with E-state index in [0.717, 1.165) is 13.2 Å². The molecule has 0 radical (unpaired) electrons. The van der Waals surface area contributed by atoms with Gasteiger partial charge < -0.3 is 14.4 Å². The molecule has 1 amide bonds. The fourth-order valence-corrected chi connectivity index (χ4v) is 4.27. The molecule has 26 heavy (non-hydrogen) atoms. The van der Waals surface area contributed by atoms with Crippen LogP contribution in [0.1, 0.15) is 27.6 Å². The van der Waals surface area contributed by atoms with Gasteiger partial charge in [-0.2, -0.15) is 4.31 Å². The van der Waals surface area contributed by atoms with Gasteiger partial charge in [-0.15, -0.1) is 0 Å². The minimum atomic E-state index is -4.07. The van der Waals surface area contributed by atoms with Crippen LogP contribution in [0.25, 0.3) is 0 Å². The molecule has 0 spiro atoms. The molecule has 0 N–H and O–H groups in total. The lowest BCUT2D eigenvalue weighted by atomic mass is 10.1. The summed E-state index contributed by atoms with van der Waals surface area (Å²) in [7, 11) is -1.76. The van der Waals surface area contributed by atoms with Gasteiger partial charge in [-0.05, 0) is 18.2 Å². The van der Waals surface area contributed by atoms with E-state index in [4.69, 9.17) is 0 Å². The summed E-state index contributed by atoms with van der Waals surface area (Å²) < 4.78 is 36.5. The Labute approximate surface area is 151 Å². The number of benzene rings is 1. The lowest BCUT2D eigenvalue weighted by Gasteiger charge is -2.33.